The van der Waals surface area contributed by atoms with Crippen LogP contribution in [0.4, 0.5) is 0 Å². The first-order valence-corrected chi connectivity index (χ1v) is 6.76. The zero-order chi connectivity index (χ0) is 14.5. The molecule has 1 rings (SSSR count). The Hall–Kier alpha value is -1.10. The van der Waals surface area contributed by atoms with Crippen molar-refractivity contribution in [2.24, 2.45) is 5.92 Å². The fourth-order valence-corrected chi connectivity index (χ4v) is 2.35. The second kappa shape index (κ2) is 6.89. The predicted molar refractivity (Wildman–Crippen MR) is 76.0 cm³/mol. The Morgan fingerprint density at radius 3 is 2.58 bits per heavy atom. The smallest absolute Gasteiger partial charge is 0.194 e. The number of ether oxygens (including phenoxy) is 1. The van der Waals surface area contributed by atoms with Crippen molar-refractivity contribution in [3.05, 3.63) is 29.8 Å². The van der Waals surface area contributed by atoms with Gasteiger partial charge < -0.3 is 20.3 Å². The highest BCUT2D eigenvalue weighted by molar-refractivity contribution is 5.33. The summed E-state index contributed by atoms with van der Waals surface area (Å²) in [5, 5.41) is 23.2. The van der Waals surface area contributed by atoms with Crippen molar-refractivity contribution < 1.29 is 14.9 Å². The van der Waals surface area contributed by atoms with Crippen LogP contribution in [-0.4, -0.2) is 30.1 Å². The third kappa shape index (κ3) is 3.93. The molecule has 4 nitrogen and oxygen atoms in total. The van der Waals surface area contributed by atoms with E-state index in [1.807, 2.05) is 33.0 Å². The second-order valence-corrected chi connectivity index (χ2v) is 4.98. The zero-order valence-corrected chi connectivity index (χ0v) is 12.2. The molecule has 3 unspecified atom stereocenters. The largest absolute Gasteiger partial charge is 0.465 e. The van der Waals surface area contributed by atoms with E-state index in [9.17, 15) is 10.2 Å². The number of aliphatic hydroxyl groups excluding tert-OH is 1. The first-order chi connectivity index (χ1) is 8.93. The summed E-state index contributed by atoms with van der Waals surface area (Å²) < 4.78 is 5.26. The van der Waals surface area contributed by atoms with Gasteiger partial charge in [-0.2, -0.15) is 0 Å². The summed E-state index contributed by atoms with van der Waals surface area (Å²) >= 11 is 0. The topological polar surface area (TPSA) is 61.7 Å². The van der Waals surface area contributed by atoms with Crippen molar-refractivity contribution >= 4 is 0 Å². The minimum absolute atomic E-state index is 0.0734. The quantitative estimate of drug-likeness (QED) is 0.660. The van der Waals surface area contributed by atoms with Crippen LogP contribution in [0.25, 0.3) is 0 Å². The highest BCUT2D eigenvalue weighted by atomic mass is 16.6. The maximum Gasteiger partial charge on any atom is 0.194 e. The predicted octanol–water partition coefficient (Wildman–Crippen LogP) is 1.86. The van der Waals surface area contributed by atoms with E-state index >= 15 is 0 Å². The van der Waals surface area contributed by atoms with E-state index < -0.39 is 11.9 Å². The van der Waals surface area contributed by atoms with Gasteiger partial charge in [0.15, 0.2) is 6.29 Å². The molecule has 3 N–H and O–H groups in total. The monoisotopic (exact) mass is 267 g/mol. The van der Waals surface area contributed by atoms with Crippen LogP contribution in [-0.2, 0) is 5.60 Å². The van der Waals surface area contributed by atoms with Gasteiger partial charge in [-0.15, -0.1) is 0 Å². The summed E-state index contributed by atoms with van der Waals surface area (Å²) in [6.07, 6.45) is -0.242. The summed E-state index contributed by atoms with van der Waals surface area (Å²) in [7, 11) is 1.87. The third-order valence-corrected chi connectivity index (χ3v) is 3.51. The van der Waals surface area contributed by atoms with Crippen molar-refractivity contribution in [3.63, 3.8) is 0 Å². The fourth-order valence-electron chi connectivity index (χ4n) is 2.35. The van der Waals surface area contributed by atoms with Crippen LogP contribution in [0.1, 0.15) is 32.8 Å². The molecule has 0 amide bonds. The van der Waals surface area contributed by atoms with Gasteiger partial charge in [-0.05, 0) is 38.1 Å². The van der Waals surface area contributed by atoms with Crippen LogP contribution in [0.5, 0.6) is 5.75 Å². The summed E-state index contributed by atoms with van der Waals surface area (Å²) in [4.78, 5) is 0. The lowest BCUT2D eigenvalue weighted by molar-refractivity contribution is -0.0218. The van der Waals surface area contributed by atoms with Crippen molar-refractivity contribution in [3.8, 4) is 5.75 Å². The number of aliphatic hydroxyl groups is 2. The molecule has 0 radical (unpaired) electrons. The van der Waals surface area contributed by atoms with Gasteiger partial charge >= 0.3 is 0 Å². The molecule has 19 heavy (non-hydrogen) atoms. The Morgan fingerprint density at radius 2 is 2.05 bits per heavy atom. The molecule has 0 saturated carbocycles. The molecule has 0 spiro atoms. The Balaban J connectivity index is 3.03. The minimum Gasteiger partial charge on any atom is -0.465 e. The number of hydrogen-bond acceptors (Lipinski definition) is 4. The highest BCUT2D eigenvalue weighted by Gasteiger charge is 2.33. The van der Waals surface area contributed by atoms with E-state index in [4.69, 9.17) is 4.74 Å². The lowest BCUT2D eigenvalue weighted by atomic mass is 9.80. The van der Waals surface area contributed by atoms with E-state index in [0.29, 0.717) is 12.2 Å². The maximum absolute atomic E-state index is 10.9. The Labute approximate surface area is 115 Å². The van der Waals surface area contributed by atoms with E-state index in [2.05, 4.69) is 5.32 Å². The van der Waals surface area contributed by atoms with Gasteiger partial charge in [0.2, 0.25) is 0 Å². The standard InChI is InChI=1S/C15H25NO3/c1-5-15(18,11(2)10-16-4)13-7-6-8-14(9-13)19-12(3)17/h6-9,11-12,16-18H,5,10H2,1-4H3. The molecule has 0 fully saturated rings. The number of hydrogen-bond donors (Lipinski definition) is 3. The molecule has 0 aromatic heterocycles. The number of benzene rings is 1. The molecular formula is C15H25NO3. The fraction of sp³-hybridized carbons (Fsp3) is 0.600. The second-order valence-electron chi connectivity index (χ2n) is 4.98. The van der Waals surface area contributed by atoms with E-state index in [1.165, 1.54) is 0 Å². The highest BCUT2D eigenvalue weighted by Crippen LogP contribution is 2.34. The van der Waals surface area contributed by atoms with Crippen molar-refractivity contribution in [1.82, 2.24) is 5.32 Å². The van der Waals surface area contributed by atoms with Crippen LogP contribution >= 0.6 is 0 Å². The van der Waals surface area contributed by atoms with Gasteiger partial charge in [-0.3, -0.25) is 0 Å². The molecule has 108 valence electrons. The Morgan fingerprint density at radius 1 is 1.37 bits per heavy atom. The molecule has 3 atom stereocenters. The molecule has 0 aliphatic rings. The van der Waals surface area contributed by atoms with Crippen molar-refractivity contribution in [2.75, 3.05) is 13.6 Å². The van der Waals surface area contributed by atoms with Crippen LogP contribution in [0, 0.1) is 5.92 Å². The molecule has 0 aliphatic carbocycles. The normalized spacial score (nSPS) is 17.6. The lowest BCUT2D eigenvalue weighted by Crippen LogP contribution is -2.38. The first-order valence-electron chi connectivity index (χ1n) is 6.76. The van der Waals surface area contributed by atoms with Crippen molar-refractivity contribution in [2.45, 2.75) is 39.1 Å². The molecule has 0 heterocycles. The third-order valence-electron chi connectivity index (χ3n) is 3.51. The Bertz CT molecular complexity index is 395. The lowest BCUT2D eigenvalue weighted by Gasteiger charge is -2.34. The molecule has 0 aliphatic heterocycles. The number of rotatable bonds is 7. The summed E-state index contributed by atoms with van der Waals surface area (Å²) in [6, 6.07) is 7.29. The summed E-state index contributed by atoms with van der Waals surface area (Å²) in [5.74, 6) is 0.639. The van der Waals surface area contributed by atoms with Crippen molar-refractivity contribution in [1.29, 1.82) is 0 Å². The van der Waals surface area contributed by atoms with Gasteiger partial charge in [-0.1, -0.05) is 26.0 Å². The van der Waals surface area contributed by atoms with Crippen LogP contribution in [0.3, 0.4) is 0 Å². The van der Waals surface area contributed by atoms with Gasteiger partial charge in [0.1, 0.15) is 5.75 Å². The van der Waals surface area contributed by atoms with E-state index in [0.717, 1.165) is 12.1 Å². The average Bonchev–Trinajstić information content (AvgIpc) is 2.37. The van der Waals surface area contributed by atoms with Gasteiger partial charge in [0.25, 0.3) is 0 Å². The Kier molecular flexibility index (Phi) is 5.79. The van der Waals surface area contributed by atoms with E-state index in [1.54, 1.807) is 19.1 Å². The molecule has 1 aromatic carbocycles. The minimum atomic E-state index is -0.902. The molecule has 0 saturated heterocycles. The summed E-state index contributed by atoms with van der Waals surface area (Å²) in [5.41, 5.74) is -0.0861. The van der Waals surface area contributed by atoms with Crippen LogP contribution in [0.15, 0.2) is 24.3 Å². The van der Waals surface area contributed by atoms with Crippen LogP contribution < -0.4 is 10.1 Å². The number of nitrogens with one attached hydrogen (secondary N) is 1. The van der Waals surface area contributed by atoms with Gasteiger partial charge in [-0.25, -0.2) is 0 Å². The molecule has 0 bridgehead atoms. The zero-order valence-electron chi connectivity index (χ0n) is 12.2. The SMILES string of the molecule is CCC(O)(c1cccc(OC(C)O)c1)C(C)CNC. The summed E-state index contributed by atoms with van der Waals surface area (Å²) in [6.45, 7) is 6.27. The average molecular weight is 267 g/mol. The first kappa shape index (κ1) is 16.0. The molecule has 1 aromatic rings. The molecular weight excluding hydrogens is 242 g/mol. The van der Waals surface area contributed by atoms with Crippen LogP contribution in [0.2, 0.25) is 0 Å². The maximum atomic E-state index is 10.9. The molecule has 4 heteroatoms. The van der Waals surface area contributed by atoms with E-state index in [-0.39, 0.29) is 5.92 Å². The van der Waals surface area contributed by atoms with Gasteiger partial charge in [0, 0.05) is 12.5 Å². The van der Waals surface area contributed by atoms with Gasteiger partial charge in [0.05, 0.1) is 5.60 Å².